The van der Waals surface area contributed by atoms with Crippen molar-refractivity contribution in [1.82, 2.24) is 4.90 Å². The summed E-state index contributed by atoms with van der Waals surface area (Å²) in [5, 5.41) is 21.0. The first-order chi connectivity index (χ1) is 41.5. The number of carbonyl (C=O) groups excluding carboxylic acids is 2. The number of hydrogen-bond acceptors (Lipinski definition) is 10. The third-order valence-electron chi connectivity index (χ3n) is 20.2. The van der Waals surface area contributed by atoms with Crippen molar-refractivity contribution in [3.63, 3.8) is 0 Å². The Hall–Kier alpha value is -1.27. The first kappa shape index (κ1) is 86.7. The van der Waals surface area contributed by atoms with Gasteiger partial charge in [-0.2, -0.15) is 0 Å². The molecule has 0 unspecified atom stereocenters. The van der Waals surface area contributed by atoms with Crippen molar-refractivity contribution in [2.24, 2.45) is 35.5 Å². The van der Waals surface area contributed by atoms with Gasteiger partial charge in [0.25, 0.3) is 0 Å². The summed E-state index contributed by atoms with van der Waals surface area (Å²) in [4.78, 5) is 34.4. The smallest absolute Gasteiger partial charge is 0.550 e. The number of unbranched alkanes of at least 4 members (excludes halogenated alkanes) is 9. The zero-order chi connectivity index (χ0) is 65.6. The molecule has 2 aromatic carbocycles. The van der Waals surface area contributed by atoms with Crippen LogP contribution in [0, 0.1) is 77.0 Å². The number of phosphoric acid groups is 1. The summed E-state index contributed by atoms with van der Waals surface area (Å²) in [5.41, 5.74) is 6.94. The van der Waals surface area contributed by atoms with Gasteiger partial charge in [0.15, 0.2) is 0 Å². The van der Waals surface area contributed by atoms with Gasteiger partial charge in [-0.25, -0.2) is 4.57 Å². The molecule has 0 radical (unpaired) electrons. The van der Waals surface area contributed by atoms with Gasteiger partial charge in [0.2, 0.25) is 0 Å². The Morgan fingerprint density at radius 2 is 0.789 bits per heavy atom. The molecule has 0 bridgehead atoms. The van der Waals surface area contributed by atoms with Crippen LogP contribution < -0.4 is 87.8 Å². The molecule has 11 nitrogen and oxygen atoms in total. The molecule has 0 spiro atoms. The summed E-state index contributed by atoms with van der Waals surface area (Å²) in [5.74, 6) is 5.25. The largest absolute Gasteiger partial charge is 1.00 e. The zero-order valence-corrected chi connectivity index (χ0v) is 66.5. The third kappa shape index (κ3) is 33.1. The number of carboxylic acid groups (broad SMARTS) is 2. The Balaban J connectivity index is 0.00000137. The monoisotopic (exact) mass is 1300 g/mol. The van der Waals surface area contributed by atoms with Crippen molar-refractivity contribution in [2.45, 2.75) is 347 Å². The number of nitrogens with zero attached hydrogens (tertiary/aromatic N) is 1. The molecule has 508 valence electrons. The molecular formula is C76H132NNa2O10P. The average molecular weight is 1300 g/mol. The quantitative estimate of drug-likeness (QED) is 0.0382. The van der Waals surface area contributed by atoms with Gasteiger partial charge in [-0.3, -0.25) is 4.89 Å². The second-order valence-corrected chi connectivity index (χ2v) is 31.1. The van der Waals surface area contributed by atoms with Crippen LogP contribution in [0.2, 0.25) is 0 Å². The number of ether oxygens (including phenoxy) is 2. The van der Waals surface area contributed by atoms with Crippen LogP contribution in [0.15, 0.2) is 0 Å². The first-order valence-corrected chi connectivity index (χ1v) is 37.5. The van der Waals surface area contributed by atoms with Gasteiger partial charge < -0.3 is 43.2 Å². The summed E-state index contributed by atoms with van der Waals surface area (Å²) in [6.45, 7) is 39.2. The fraction of sp³-hybridized carbons (Fsp3) is 0.816. The van der Waals surface area contributed by atoms with E-state index in [1.54, 1.807) is 0 Å². The Kier molecular flexibility index (Phi) is 43.6. The van der Waals surface area contributed by atoms with Crippen LogP contribution in [-0.2, 0) is 27.0 Å². The fourth-order valence-electron chi connectivity index (χ4n) is 13.7. The molecule has 2 heterocycles. The SMILES string of the molecule is CCCCCCCCCCCCN(CCC(=O)[O-])CCC(=O)[O-].Cc1c(C)c2c(c(C)c1OP(=O)(O)Oc1c(C)c(C)c3c(c1C)CC[C@@](C)(CCC[C@H](C)CCC[C@H](C)CCCC(C)C)O3)CC[C@@](C)(CCC[C@H](C)CCC[C@H](C)CCCC(C)C)O2.[Na+].[Na+]. The predicted molar refractivity (Wildman–Crippen MR) is 364 cm³/mol. The number of hydrogen-bond donors (Lipinski definition) is 1. The summed E-state index contributed by atoms with van der Waals surface area (Å²) >= 11 is 0. The summed E-state index contributed by atoms with van der Waals surface area (Å²) in [7, 11) is -4.58. The first-order valence-electron chi connectivity index (χ1n) is 36.0. The minimum Gasteiger partial charge on any atom is -0.550 e. The number of fused-ring (bicyclic) bond motifs is 2. The van der Waals surface area contributed by atoms with E-state index in [2.05, 4.69) is 90.0 Å². The molecule has 0 aliphatic carbocycles. The number of rotatable bonds is 45. The van der Waals surface area contributed by atoms with Gasteiger partial charge in [-0.1, -0.05) is 210 Å². The van der Waals surface area contributed by atoms with Crippen LogP contribution in [0.5, 0.6) is 23.0 Å². The van der Waals surface area contributed by atoms with E-state index in [0.29, 0.717) is 24.6 Å². The van der Waals surface area contributed by atoms with E-state index in [1.165, 1.54) is 141 Å². The van der Waals surface area contributed by atoms with E-state index in [9.17, 15) is 29.3 Å². The van der Waals surface area contributed by atoms with Crippen LogP contribution in [0.25, 0.3) is 0 Å². The topological polar surface area (TPSA) is 158 Å². The van der Waals surface area contributed by atoms with E-state index in [1.807, 2.05) is 32.6 Å². The van der Waals surface area contributed by atoms with E-state index in [4.69, 9.17) is 18.5 Å². The normalized spacial score (nSPS) is 17.6. The maximum Gasteiger partial charge on any atom is 1.00 e. The standard InChI is InChI=1S/C58H99O6P.C18H35NO4.2Na/c1-39(2)23-17-25-41(5)27-19-29-43(7)31-21-35-57(15)37-33-51-49(13)53(45(9)47(11)55(51)61-57)63-65(59,60)64-54-46(10)48(12)56-52(50(54)14)34-38-58(16,62-56)36-22-32-44(8)30-20-28-42(6)26-18-24-40(3)4;1-2-3-4-5-6-7-8-9-10-11-14-19(15-12-17(20)21)16-13-18(22)23;;/h39-44H,17-38H2,1-16H3,(H,59,60);2-16H2,1H3,(H,20,21)(H,22,23);;/q;;2*+1/p-2/t41-,42-,43-,44-,57-,58-;;;/m1.../s1. The van der Waals surface area contributed by atoms with Gasteiger partial charge in [0, 0.05) is 36.2 Å². The molecule has 0 saturated carbocycles. The molecule has 2 aromatic rings. The molecule has 0 amide bonds. The molecule has 0 aromatic heterocycles. The van der Waals surface area contributed by atoms with Gasteiger partial charge in [0.05, 0.1) is 0 Å². The summed E-state index contributed by atoms with van der Waals surface area (Å²) < 4.78 is 40.0. The molecule has 4 rings (SSSR count). The van der Waals surface area contributed by atoms with Crippen molar-refractivity contribution < 1.29 is 107 Å². The van der Waals surface area contributed by atoms with Gasteiger partial charge in [0.1, 0.15) is 34.2 Å². The average Bonchev–Trinajstić information content (AvgIpc) is 0.797. The maximum atomic E-state index is 14.0. The van der Waals surface area contributed by atoms with Crippen LogP contribution >= 0.6 is 7.82 Å². The number of carbonyl (C=O) groups is 2. The van der Waals surface area contributed by atoms with E-state index < -0.39 is 19.8 Å². The Morgan fingerprint density at radius 1 is 0.478 bits per heavy atom. The minimum atomic E-state index is -4.58. The fourth-order valence-corrected chi connectivity index (χ4v) is 14.7. The molecule has 1 N–H and O–H groups in total. The number of aliphatic carboxylic acids is 2. The van der Waals surface area contributed by atoms with Crippen molar-refractivity contribution in [2.75, 3.05) is 19.6 Å². The molecular weight excluding hydrogens is 1160 g/mol. The van der Waals surface area contributed by atoms with Crippen molar-refractivity contribution >= 4 is 19.8 Å². The zero-order valence-electron chi connectivity index (χ0n) is 61.6. The van der Waals surface area contributed by atoms with Gasteiger partial charge in [-0.05, 0) is 201 Å². The predicted octanol–water partition coefficient (Wildman–Crippen LogP) is 13.6. The molecule has 90 heavy (non-hydrogen) atoms. The second-order valence-electron chi connectivity index (χ2n) is 29.8. The molecule has 2 aliphatic heterocycles. The maximum absolute atomic E-state index is 14.0. The van der Waals surface area contributed by atoms with Gasteiger partial charge >= 0.3 is 66.9 Å². The van der Waals surface area contributed by atoms with E-state index in [0.717, 1.165) is 162 Å². The van der Waals surface area contributed by atoms with Crippen molar-refractivity contribution in [3.05, 3.63) is 44.5 Å². The Bertz CT molecular complexity index is 2270. The molecule has 14 heteroatoms. The molecule has 2 aliphatic rings. The minimum absolute atomic E-state index is 0. The van der Waals surface area contributed by atoms with Gasteiger partial charge in [-0.15, -0.1) is 0 Å². The van der Waals surface area contributed by atoms with E-state index in [-0.39, 0.29) is 83.2 Å². The number of carboxylic acids is 2. The Morgan fingerprint density at radius 3 is 1.11 bits per heavy atom. The third-order valence-corrected chi connectivity index (χ3v) is 21.0. The van der Waals surface area contributed by atoms with Crippen molar-refractivity contribution in [3.8, 4) is 23.0 Å². The number of phosphoric ester groups is 1. The Labute approximate surface area is 596 Å². The van der Waals surface area contributed by atoms with Crippen LogP contribution in [0.4, 0.5) is 0 Å². The summed E-state index contributed by atoms with van der Waals surface area (Å²) in [6.07, 6.45) is 38.9. The second kappa shape index (κ2) is 45.3. The van der Waals surface area contributed by atoms with Crippen LogP contribution in [0.3, 0.4) is 0 Å². The van der Waals surface area contributed by atoms with Crippen LogP contribution in [0.1, 0.15) is 326 Å². The van der Waals surface area contributed by atoms with Crippen LogP contribution in [-0.4, -0.2) is 52.6 Å². The molecule has 0 saturated heterocycles. The van der Waals surface area contributed by atoms with Crippen molar-refractivity contribution in [1.29, 1.82) is 0 Å². The molecule has 0 fully saturated rings. The molecule has 6 atom stereocenters. The summed E-state index contributed by atoms with van der Waals surface area (Å²) in [6, 6.07) is 0. The number of benzene rings is 2. The van der Waals surface area contributed by atoms with E-state index >= 15 is 0 Å².